The largest absolute Gasteiger partial charge is 0.497 e. The van der Waals surface area contributed by atoms with E-state index >= 15 is 0 Å². The van der Waals surface area contributed by atoms with Crippen LogP contribution >= 0.6 is 23.4 Å². The maximum Gasteiger partial charge on any atom is 0.255 e. The van der Waals surface area contributed by atoms with Crippen molar-refractivity contribution >= 4 is 29.3 Å². The molecule has 2 aromatic rings. The number of carbonyl (C=O) groups excluding carboxylic acids is 1. The van der Waals surface area contributed by atoms with Gasteiger partial charge in [0.1, 0.15) is 11.1 Å². The molecular weight excluding hydrogens is 318 g/mol. The topological polar surface area (TPSA) is 29.5 Å². The first-order valence-corrected chi connectivity index (χ1v) is 8.44. The van der Waals surface area contributed by atoms with Gasteiger partial charge >= 0.3 is 0 Å². The summed E-state index contributed by atoms with van der Waals surface area (Å²) in [5.74, 6) is 1.64. The molecule has 1 heterocycles. The fourth-order valence-electron chi connectivity index (χ4n) is 2.54. The second-order valence-corrected chi connectivity index (χ2v) is 6.63. The van der Waals surface area contributed by atoms with Crippen LogP contribution in [0.3, 0.4) is 0 Å². The van der Waals surface area contributed by atoms with E-state index in [4.69, 9.17) is 16.3 Å². The van der Waals surface area contributed by atoms with E-state index in [1.54, 1.807) is 24.9 Å². The zero-order chi connectivity index (χ0) is 15.5. The Balaban J connectivity index is 1.87. The number of carbonyl (C=O) groups is 1. The summed E-state index contributed by atoms with van der Waals surface area (Å²) in [5, 5.41) is 0.705. The summed E-state index contributed by atoms with van der Waals surface area (Å²) in [4.78, 5) is 14.7. The molecule has 0 spiro atoms. The monoisotopic (exact) mass is 333 g/mol. The Labute approximate surface area is 139 Å². The van der Waals surface area contributed by atoms with E-state index < -0.39 is 0 Å². The maximum absolute atomic E-state index is 12.8. The fourth-order valence-corrected chi connectivity index (χ4v) is 3.98. The molecule has 2 aromatic carbocycles. The molecule has 0 saturated carbocycles. The third kappa shape index (κ3) is 3.08. The Hall–Kier alpha value is -1.65. The summed E-state index contributed by atoms with van der Waals surface area (Å²) < 4.78 is 5.20. The van der Waals surface area contributed by atoms with Crippen molar-refractivity contribution in [1.82, 2.24) is 4.90 Å². The Kier molecular flexibility index (Phi) is 4.60. The lowest BCUT2D eigenvalue weighted by molar-refractivity contribution is 0.0760. The first kappa shape index (κ1) is 15.3. The Morgan fingerprint density at radius 2 is 2.09 bits per heavy atom. The summed E-state index contributed by atoms with van der Waals surface area (Å²) in [6.07, 6.45) is 0. The molecule has 1 amide bonds. The van der Waals surface area contributed by atoms with Gasteiger partial charge in [0.15, 0.2) is 0 Å². The van der Waals surface area contributed by atoms with Crippen molar-refractivity contribution in [2.45, 2.75) is 5.37 Å². The molecular formula is C17H16ClNO2S. The van der Waals surface area contributed by atoms with Crippen LogP contribution in [-0.2, 0) is 0 Å². The van der Waals surface area contributed by atoms with Gasteiger partial charge in [-0.15, -0.1) is 11.8 Å². The molecule has 1 atom stereocenters. The predicted molar refractivity (Wildman–Crippen MR) is 90.7 cm³/mol. The van der Waals surface area contributed by atoms with E-state index in [9.17, 15) is 4.79 Å². The van der Waals surface area contributed by atoms with E-state index in [0.717, 1.165) is 17.9 Å². The van der Waals surface area contributed by atoms with Gasteiger partial charge in [0.2, 0.25) is 0 Å². The molecule has 0 aliphatic carbocycles. The van der Waals surface area contributed by atoms with Crippen molar-refractivity contribution in [2.75, 3.05) is 19.4 Å². The van der Waals surface area contributed by atoms with Gasteiger partial charge in [-0.1, -0.05) is 29.8 Å². The van der Waals surface area contributed by atoms with Gasteiger partial charge in [0.05, 0.1) is 7.11 Å². The number of methoxy groups -OCH3 is 1. The van der Waals surface area contributed by atoms with Crippen molar-refractivity contribution in [2.24, 2.45) is 0 Å². The van der Waals surface area contributed by atoms with Crippen LogP contribution in [0.1, 0.15) is 21.3 Å². The molecule has 114 valence electrons. The van der Waals surface area contributed by atoms with E-state index in [2.05, 4.69) is 0 Å². The van der Waals surface area contributed by atoms with Crippen LogP contribution in [-0.4, -0.2) is 30.2 Å². The van der Waals surface area contributed by atoms with Crippen molar-refractivity contribution in [3.05, 3.63) is 64.7 Å². The lowest BCUT2D eigenvalue weighted by Crippen LogP contribution is -2.30. The number of rotatable bonds is 3. The van der Waals surface area contributed by atoms with Gasteiger partial charge in [-0.3, -0.25) is 4.79 Å². The second-order valence-electron chi connectivity index (χ2n) is 5.01. The van der Waals surface area contributed by atoms with Crippen LogP contribution in [0.4, 0.5) is 0 Å². The number of amides is 1. The number of halogens is 1. The highest BCUT2D eigenvalue weighted by molar-refractivity contribution is 7.99. The van der Waals surface area contributed by atoms with Gasteiger partial charge in [-0.25, -0.2) is 0 Å². The molecule has 1 aliphatic heterocycles. The molecule has 5 heteroatoms. The molecule has 1 fully saturated rings. The first-order chi connectivity index (χ1) is 10.7. The van der Waals surface area contributed by atoms with Crippen LogP contribution in [0.15, 0.2) is 48.5 Å². The van der Waals surface area contributed by atoms with Gasteiger partial charge < -0.3 is 9.64 Å². The summed E-state index contributed by atoms with van der Waals surface area (Å²) in [7, 11) is 1.60. The summed E-state index contributed by atoms with van der Waals surface area (Å²) in [6.45, 7) is 0.734. The molecule has 1 saturated heterocycles. The summed E-state index contributed by atoms with van der Waals surface area (Å²) in [6, 6.07) is 15.0. The Morgan fingerprint density at radius 1 is 1.27 bits per heavy atom. The number of hydrogen-bond donors (Lipinski definition) is 0. The lowest BCUT2D eigenvalue weighted by atomic mass is 10.1. The number of benzene rings is 2. The Morgan fingerprint density at radius 3 is 2.86 bits per heavy atom. The highest BCUT2D eigenvalue weighted by Gasteiger charge is 2.31. The van der Waals surface area contributed by atoms with Gasteiger partial charge in [-0.05, 0) is 35.9 Å². The molecule has 0 bridgehead atoms. The van der Waals surface area contributed by atoms with Gasteiger partial charge in [0.25, 0.3) is 5.91 Å². The van der Waals surface area contributed by atoms with Crippen LogP contribution in [0, 0.1) is 0 Å². The van der Waals surface area contributed by atoms with Crippen molar-refractivity contribution in [3.8, 4) is 5.75 Å². The number of hydrogen-bond acceptors (Lipinski definition) is 3. The number of thioether (sulfide) groups is 1. The van der Waals surface area contributed by atoms with E-state index in [-0.39, 0.29) is 11.3 Å². The predicted octanol–water partition coefficient (Wildman–Crippen LogP) is 4.24. The van der Waals surface area contributed by atoms with Crippen LogP contribution in [0.2, 0.25) is 5.02 Å². The highest BCUT2D eigenvalue weighted by atomic mass is 35.5. The highest BCUT2D eigenvalue weighted by Crippen LogP contribution is 2.39. The van der Waals surface area contributed by atoms with Crippen molar-refractivity contribution < 1.29 is 9.53 Å². The zero-order valence-electron chi connectivity index (χ0n) is 12.2. The van der Waals surface area contributed by atoms with Crippen LogP contribution < -0.4 is 4.74 Å². The van der Waals surface area contributed by atoms with Crippen molar-refractivity contribution in [1.29, 1.82) is 0 Å². The van der Waals surface area contributed by atoms with Crippen LogP contribution in [0.25, 0.3) is 0 Å². The van der Waals surface area contributed by atoms with E-state index in [1.165, 1.54) is 0 Å². The molecule has 3 nitrogen and oxygen atoms in total. The smallest absolute Gasteiger partial charge is 0.255 e. The number of nitrogens with zero attached hydrogens (tertiary/aromatic N) is 1. The molecule has 1 unspecified atom stereocenters. The van der Waals surface area contributed by atoms with Gasteiger partial charge in [0, 0.05) is 22.9 Å². The minimum atomic E-state index is 0.0115. The SMILES string of the molecule is COc1cccc(C(=O)N2CCSC2c2cccc(Cl)c2)c1. The third-order valence-corrected chi connectivity index (χ3v) is 5.10. The van der Waals surface area contributed by atoms with Crippen molar-refractivity contribution in [3.63, 3.8) is 0 Å². The molecule has 22 heavy (non-hydrogen) atoms. The minimum Gasteiger partial charge on any atom is -0.497 e. The zero-order valence-corrected chi connectivity index (χ0v) is 13.7. The molecule has 1 aliphatic rings. The average Bonchev–Trinajstić information content (AvgIpc) is 3.04. The summed E-state index contributed by atoms with van der Waals surface area (Å²) >= 11 is 7.84. The summed E-state index contributed by atoms with van der Waals surface area (Å²) in [5.41, 5.74) is 1.71. The molecule has 0 radical (unpaired) electrons. The third-order valence-electron chi connectivity index (χ3n) is 3.60. The van der Waals surface area contributed by atoms with E-state index in [1.807, 2.05) is 47.4 Å². The van der Waals surface area contributed by atoms with E-state index in [0.29, 0.717) is 16.3 Å². The molecule has 0 aromatic heterocycles. The maximum atomic E-state index is 12.8. The van der Waals surface area contributed by atoms with Gasteiger partial charge in [-0.2, -0.15) is 0 Å². The standard InChI is InChI=1S/C17H16ClNO2S/c1-21-15-7-3-4-12(11-15)16(20)19-8-9-22-17(19)13-5-2-6-14(18)10-13/h2-7,10-11,17H,8-9H2,1H3. The average molecular weight is 334 g/mol. The number of ether oxygens (including phenoxy) is 1. The lowest BCUT2D eigenvalue weighted by Gasteiger charge is -2.24. The quantitative estimate of drug-likeness (QED) is 0.841. The molecule has 0 N–H and O–H groups in total. The first-order valence-electron chi connectivity index (χ1n) is 7.01. The van der Waals surface area contributed by atoms with Crippen LogP contribution in [0.5, 0.6) is 5.75 Å². The molecule has 3 rings (SSSR count). The minimum absolute atomic E-state index is 0.0115. The fraction of sp³-hybridized carbons (Fsp3) is 0.235. The second kappa shape index (κ2) is 6.63. The Bertz CT molecular complexity index is 692. The normalized spacial score (nSPS) is 17.5.